The molecule has 20 heavy (non-hydrogen) atoms. The fourth-order valence-corrected chi connectivity index (χ4v) is 3.77. The van der Waals surface area contributed by atoms with Crippen molar-refractivity contribution in [1.29, 1.82) is 0 Å². The molecule has 0 amide bonds. The number of rotatable bonds is 6. The number of unbranched alkanes of at least 4 members (excludes halogenated alkanes) is 1. The Morgan fingerprint density at radius 2 is 2.40 bits per heavy atom. The number of halogens is 1. The Labute approximate surface area is 129 Å². The van der Waals surface area contributed by atoms with Gasteiger partial charge in [-0.25, -0.2) is 4.68 Å². The van der Waals surface area contributed by atoms with E-state index in [4.69, 9.17) is 11.6 Å². The Hall–Kier alpha value is -0.680. The molecule has 2 heterocycles. The van der Waals surface area contributed by atoms with Crippen LogP contribution in [-0.4, -0.2) is 26.8 Å². The molecule has 0 aliphatic carbocycles. The smallest absolute Gasteiger partial charge is 0.287 e. The van der Waals surface area contributed by atoms with Gasteiger partial charge in [-0.2, -0.15) is 16.9 Å². The number of thioether (sulfide) groups is 1. The molecule has 112 valence electrons. The summed E-state index contributed by atoms with van der Waals surface area (Å²) in [7, 11) is 0. The lowest BCUT2D eigenvalue weighted by atomic mass is 10.1. The number of hydrogen-bond acceptors (Lipinski definition) is 4. The molecule has 1 aromatic rings. The van der Waals surface area contributed by atoms with Crippen molar-refractivity contribution < 1.29 is 0 Å². The topological polar surface area (TPSA) is 46.9 Å². The summed E-state index contributed by atoms with van der Waals surface area (Å²) in [5.41, 5.74) is 0.451. The second-order valence-corrected chi connectivity index (χ2v) is 7.57. The summed E-state index contributed by atoms with van der Waals surface area (Å²) < 4.78 is 1.68. The number of anilines is 1. The van der Waals surface area contributed by atoms with Crippen LogP contribution in [0.15, 0.2) is 11.0 Å². The van der Waals surface area contributed by atoms with Crippen LogP contribution >= 0.6 is 23.4 Å². The molecule has 1 fully saturated rings. The van der Waals surface area contributed by atoms with Gasteiger partial charge in [-0.1, -0.05) is 24.9 Å². The molecule has 1 atom stereocenters. The fourth-order valence-electron chi connectivity index (χ4n) is 2.31. The minimum Gasteiger partial charge on any atom is -0.381 e. The first-order valence-electron chi connectivity index (χ1n) is 7.19. The van der Waals surface area contributed by atoms with Gasteiger partial charge in [0.2, 0.25) is 0 Å². The number of aryl methyl sites for hydroxylation is 1. The van der Waals surface area contributed by atoms with Crippen molar-refractivity contribution in [2.75, 3.05) is 17.6 Å². The largest absolute Gasteiger partial charge is 0.381 e. The average Bonchev–Trinajstić information content (AvgIpc) is 2.87. The van der Waals surface area contributed by atoms with Crippen molar-refractivity contribution in [3.8, 4) is 0 Å². The van der Waals surface area contributed by atoms with Crippen LogP contribution in [0.4, 0.5) is 5.69 Å². The molecule has 1 aromatic heterocycles. The van der Waals surface area contributed by atoms with E-state index in [2.05, 4.69) is 24.3 Å². The lowest BCUT2D eigenvalue weighted by molar-refractivity contribution is 0.543. The van der Waals surface area contributed by atoms with E-state index in [1.807, 2.05) is 11.8 Å². The van der Waals surface area contributed by atoms with Crippen LogP contribution < -0.4 is 10.9 Å². The van der Waals surface area contributed by atoms with Crippen LogP contribution in [0.2, 0.25) is 5.02 Å². The highest BCUT2D eigenvalue weighted by Crippen LogP contribution is 2.37. The van der Waals surface area contributed by atoms with Gasteiger partial charge in [-0.05, 0) is 31.9 Å². The van der Waals surface area contributed by atoms with Crippen molar-refractivity contribution in [3.05, 3.63) is 21.6 Å². The first-order chi connectivity index (χ1) is 9.56. The fraction of sp³-hybridized carbons (Fsp3) is 0.714. The molecule has 1 N–H and O–H groups in total. The zero-order valence-corrected chi connectivity index (χ0v) is 13.7. The summed E-state index contributed by atoms with van der Waals surface area (Å²) in [5, 5.41) is 7.74. The minimum atomic E-state index is -0.200. The van der Waals surface area contributed by atoms with Crippen LogP contribution in [-0.2, 0) is 6.54 Å². The standard InChI is InChI=1S/C14H22ClN3OS/c1-3-4-7-18-13(19)12(15)11(9-17-18)16-10-14(2)6-5-8-20-14/h9,16H,3-8,10H2,1-2H3. The Balaban J connectivity index is 2.05. The summed E-state index contributed by atoms with van der Waals surface area (Å²) >= 11 is 8.14. The molecule has 0 radical (unpaired) electrons. The minimum absolute atomic E-state index is 0.200. The Morgan fingerprint density at radius 1 is 1.60 bits per heavy atom. The second kappa shape index (κ2) is 6.85. The zero-order valence-electron chi connectivity index (χ0n) is 12.1. The molecule has 1 unspecified atom stereocenters. The van der Waals surface area contributed by atoms with E-state index in [9.17, 15) is 4.79 Å². The van der Waals surface area contributed by atoms with Crippen molar-refractivity contribution in [1.82, 2.24) is 9.78 Å². The third-order valence-corrected chi connectivity index (χ3v) is 5.57. The molecule has 0 spiro atoms. The lowest BCUT2D eigenvalue weighted by Crippen LogP contribution is -2.29. The van der Waals surface area contributed by atoms with Crippen molar-refractivity contribution >= 4 is 29.1 Å². The van der Waals surface area contributed by atoms with Crippen LogP contribution in [0, 0.1) is 0 Å². The summed E-state index contributed by atoms with van der Waals surface area (Å²) in [6.45, 7) is 5.78. The van der Waals surface area contributed by atoms with E-state index in [1.54, 1.807) is 6.20 Å². The molecule has 1 saturated heterocycles. The van der Waals surface area contributed by atoms with Gasteiger partial charge >= 0.3 is 0 Å². The molecule has 0 saturated carbocycles. The normalized spacial score (nSPS) is 22.1. The van der Waals surface area contributed by atoms with Crippen LogP contribution in [0.1, 0.15) is 39.5 Å². The summed E-state index contributed by atoms with van der Waals surface area (Å²) in [4.78, 5) is 12.1. The van der Waals surface area contributed by atoms with Gasteiger partial charge in [0.05, 0.1) is 11.9 Å². The first-order valence-corrected chi connectivity index (χ1v) is 8.55. The number of nitrogens with zero attached hydrogens (tertiary/aromatic N) is 2. The van der Waals surface area contributed by atoms with Crippen molar-refractivity contribution in [2.24, 2.45) is 0 Å². The second-order valence-electron chi connectivity index (χ2n) is 5.51. The molecule has 1 aliphatic rings. The van der Waals surface area contributed by atoms with E-state index < -0.39 is 0 Å². The Kier molecular flexibility index (Phi) is 5.38. The highest BCUT2D eigenvalue weighted by Gasteiger charge is 2.29. The maximum atomic E-state index is 12.1. The van der Waals surface area contributed by atoms with Crippen molar-refractivity contribution in [3.63, 3.8) is 0 Å². The molecule has 2 rings (SSSR count). The summed E-state index contributed by atoms with van der Waals surface area (Å²) in [5.74, 6) is 1.21. The van der Waals surface area contributed by atoms with Gasteiger partial charge in [-0.3, -0.25) is 4.79 Å². The van der Waals surface area contributed by atoms with E-state index in [1.165, 1.54) is 23.3 Å². The third-order valence-electron chi connectivity index (χ3n) is 3.66. The average molecular weight is 316 g/mol. The first kappa shape index (κ1) is 15.7. The summed E-state index contributed by atoms with van der Waals surface area (Å²) in [6, 6.07) is 0. The monoisotopic (exact) mass is 315 g/mol. The van der Waals surface area contributed by atoms with Gasteiger partial charge in [0, 0.05) is 17.8 Å². The summed E-state index contributed by atoms with van der Waals surface area (Å²) in [6.07, 6.45) is 6.09. The zero-order chi connectivity index (χ0) is 14.6. The molecular weight excluding hydrogens is 294 g/mol. The quantitative estimate of drug-likeness (QED) is 0.874. The molecule has 1 aliphatic heterocycles. The van der Waals surface area contributed by atoms with Gasteiger partial charge < -0.3 is 5.32 Å². The molecule has 0 aromatic carbocycles. The molecule has 4 nitrogen and oxygen atoms in total. The maximum absolute atomic E-state index is 12.1. The highest BCUT2D eigenvalue weighted by atomic mass is 35.5. The van der Waals surface area contributed by atoms with Gasteiger partial charge in [0.15, 0.2) is 0 Å². The molecular formula is C14H22ClN3OS. The third kappa shape index (κ3) is 3.70. The Bertz CT molecular complexity index is 512. The van der Waals surface area contributed by atoms with Crippen molar-refractivity contribution in [2.45, 2.75) is 50.8 Å². The predicted octanol–water partition coefficient (Wildman–Crippen LogP) is 3.39. The SMILES string of the molecule is CCCCn1ncc(NCC2(C)CCCS2)c(Cl)c1=O. The molecule has 6 heteroatoms. The van der Waals surface area contributed by atoms with E-state index in [-0.39, 0.29) is 15.3 Å². The van der Waals surface area contributed by atoms with E-state index >= 15 is 0 Å². The number of hydrogen-bond donors (Lipinski definition) is 1. The Morgan fingerprint density at radius 3 is 3.05 bits per heavy atom. The predicted molar refractivity (Wildman–Crippen MR) is 87.0 cm³/mol. The van der Waals surface area contributed by atoms with E-state index in [0.717, 1.165) is 19.4 Å². The van der Waals surface area contributed by atoms with Gasteiger partial charge in [0.1, 0.15) is 5.02 Å². The van der Waals surface area contributed by atoms with Crippen LogP contribution in [0.3, 0.4) is 0 Å². The van der Waals surface area contributed by atoms with Gasteiger partial charge in [0.25, 0.3) is 5.56 Å². The van der Waals surface area contributed by atoms with Crippen LogP contribution in [0.5, 0.6) is 0 Å². The highest BCUT2D eigenvalue weighted by molar-refractivity contribution is 8.00. The van der Waals surface area contributed by atoms with E-state index in [0.29, 0.717) is 12.2 Å². The van der Waals surface area contributed by atoms with Crippen LogP contribution in [0.25, 0.3) is 0 Å². The maximum Gasteiger partial charge on any atom is 0.287 e. The number of nitrogens with one attached hydrogen (secondary N) is 1. The lowest BCUT2D eigenvalue weighted by Gasteiger charge is -2.23. The number of aromatic nitrogens is 2. The van der Waals surface area contributed by atoms with Gasteiger partial charge in [-0.15, -0.1) is 0 Å². The molecule has 0 bridgehead atoms.